The van der Waals surface area contributed by atoms with Crippen LogP contribution in [-0.4, -0.2) is 30.4 Å². The highest BCUT2D eigenvalue weighted by Crippen LogP contribution is 2.36. The van der Waals surface area contributed by atoms with E-state index in [0.29, 0.717) is 16.3 Å². The molecule has 0 unspecified atom stereocenters. The molecule has 2 aromatic carbocycles. The molecule has 0 radical (unpaired) electrons. The van der Waals surface area contributed by atoms with Crippen LogP contribution in [0.3, 0.4) is 0 Å². The molecule has 10 heteroatoms. The predicted molar refractivity (Wildman–Crippen MR) is 107 cm³/mol. The lowest BCUT2D eigenvalue weighted by Gasteiger charge is -2.13. The lowest BCUT2D eigenvalue weighted by Crippen LogP contribution is -2.29. The molecule has 8 nitrogen and oxygen atoms in total. The second-order valence-electron chi connectivity index (χ2n) is 6.11. The minimum absolute atomic E-state index is 0.0160. The molecular formula is C19H15ClN4O4S. The maximum Gasteiger partial charge on any atom is 0.264 e. The third-order valence-electron chi connectivity index (χ3n) is 3.90. The molecule has 29 heavy (non-hydrogen) atoms. The van der Waals surface area contributed by atoms with Gasteiger partial charge in [0, 0.05) is 29.4 Å². The number of sulfonamides is 1. The number of carbonyl (C=O) groups excluding carboxylic acids is 1. The van der Waals surface area contributed by atoms with Gasteiger partial charge in [-0.15, -0.1) is 0 Å². The number of nitrogens with one attached hydrogen (secondary N) is 1. The summed E-state index contributed by atoms with van der Waals surface area (Å²) in [4.78, 5) is 12.0. The maximum absolute atomic E-state index is 12.0. The average molecular weight is 431 g/mol. The molecule has 0 spiro atoms. The van der Waals surface area contributed by atoms with Crippen LogP contribution >= 0.6 is 11.6 Å². The molecule has 3 aromatic rings. The number of benzene rings is 2. The first-order valence-corrected chi connectivity index (χ1v) is 10.5. The number of nitrogens with zero attached hydrogens (tertiary/aromatic N) is 3. The fraction of sp³-hybridized carbons (Fsp3) is 0.105. The molecule has 0 fully saturated rings. The molecule has 0 aliphatic carbocycles. The van der Waals surface area contributed by atoms with E-state index in [4.69, 9.17) is 16.3 Å². The van der Waals surface area contributed by atoms with Crippen LogP contribution in [-0.2, 0) is 17.1 Å². The Morgan fingerprint density at radius 3 is 2.55 bits per heavy atom. The fourth-order valence-electron chi connectivity index (χ4n) is 2.62. The van der Waals surface area contributed by atoms with Crippen molar-refractivity contribution in [1.29, 1.82) is 5.26 Å². The van der Waals surface area contributed by atoms with Gasteiger partial charge in [-0.25, -0.2) is 13.1 Å². The van der Waals surface area contributed by atoms with E-state index in [9.17, 15) is 18.5 Å². The van der Waals surface area contributed by atoms with Crippen LogP contribution in [0, 0.1) is 11.3 Å². The van der Waals surface area contributed by atoms with Crippen LogP contribution in [0.5, 0.6) is 11.5 Å². The molecule has 1 amide bonds. The van der Waals surface area contributed by atoms with Gasteiger partial charge in [0.15, 0.2) is 0 Å². The van der Waals surface area contributed by atoms with Gasteiger partial charge in [0.2, 0.25) is 10.0 Å². The molecule has 0 aliphatic heterocycles. The monoisotopic (exact) mass is 430 g/mol. The number of hydrogen-bond donors (Lipinski definition) is 1. The van der Waals surface area contributed by atoms with E-state index in [1.54, 1.807) is 42.2 Å². The highest BCUT2D eigenvalue weighted by atomic mass is 35.5. The Kier molecular flexibility index (Phi) is 5.59. The molecule has 0 bridgehead atoms. The molecule has 0 saturated carbocycles. The molecule has 3 rings (SSSR count). The molecule has 0 aliphatic rings. The van der Waals surface area contributed by atoms with Crippen LogP contribution in [0.2, 0.25) is 5.02 Å². The summed E-state index contributed by atoms with van der Waals surface area (Å²) in [5.41, 5.74) is 1.50. The summed E-state index contributed by atoms with van der Waals surface area (Å²) in [6, 6.07) is 12.8. The topological polar surface area (TPSA) is 114 Å². The number of halogens is 1. The zero-order valence-electron chi connectivity index (χ0n) is 15.4. The zero-order chi connectivity index (χ0) is 21.2. The van der Waals surface area contributed by atoms with Crippen LogP contribution in [0.25, 0.3) is 11.3 Å². The molecule has 1 aromatic heterocycles. The highest BCUT2D eigenvalue weighted by molar-refractivity contribution is 7.89. The number of rotatable bonds is 5. The first-order chi connectivity index (χ1) is 13.7. The van der Waals surface area contributed by atoms with Crippen molar-refractivity contribution in [2.45, 2.75) is 0 Å². The number of hydrogen-bond acceptors (Lipinski definition) is 6. The minimum atomic E-state index is -3.72. The zero-order valence-corrected chi connectivity index (χ0v) is 17.0. The van der Waals surface area contributed by atoms with E-state index in [1.165, 1.54) is 18.2 Å². The number of ether oxygens (including phenoxy) is 1. The smallest absolute Gasteiger partial charge is 0.264 e. The van der Waals surface area contributed by atoms with Gasteiger partial charge in [0.25, 0.3) is 5.91 Å². The van der Waals surface area contributed by atoms with Crippen molar-refractivity contribution in [3.63, 3.8) is 0 Å². The Balaban J connectivity index is 1.99. The Hall–Kier alpha value is -3.35. The van der Waals surface area contributed by atoms with Gasteiger partial charge in [-0.2, -0.15) is 10.4 Å². The van der Waals surface area contributed by atoms with E-state index in [-0.39, 0.29) is 16.9 Å². The summed E-state index contributed by atoms with van der Waals surface area (Å²) in [6.45, 7) is 0. The Morgan fingerprint density at radius 1 is 1.21 bits per heavy atom. The lowest BCUT2D eigenvalue weighted by atomic mass is 10.1. The van der Waals surface area contributed by atoms with E-state index in [1.807, 2.05) is 10.8 Å². The van der Waals surface area contributed by atoms with Crippen molar-refractivity contribution in [2.24, 2.45) is 7.05 Å². The van der Waals surface area contributed by atoms with Crippen molar-refractivity contribution in [3.05, 3.63) is 64.8 Å². The number of amides is 1. The quantitative estimate of drug-likeness (QED) is 0.665. The summed E-state index contributed by atoms with van der Waals surface area (Å²) in [6.07, 6.45) is 2.50. The number of carbonyl (C=O) groups is 1. The standard InChI is InChI=1S/C19H15ClN4O4S/c1-24-16(7-8-22-24)15-10-14(20)4-6-18(15)28-17-5-3-12(9-13(17)11-21)19(25)23-29(2,26)27/h3-10H,1-2H3,(H,23,25). The van der Waals surface area contributed by atoms with Crippen molar-refractivity contribution in [2.75, 3.05) is 6.26 Å². The average Bonchev–Trinajstić information content (AvgIpc) is 3.07. The predicted octanol–water partition coefficient (Wildman–Crippen LogP) is 3.09. The third kappa shape index (κ3) is 4.74. The van der Waals surface area contributed by atoms with Crippen LogP contribution in [0.1, 0.15) is 15.9 Å². The number of aryl methyl sites for hydroxylation is 1. The van der Waals surface area contributed by atoms with Gasteiger partial charge >= 0.3 is 0 Å². The summed E-state index contributed by atoms with van der Waals surface area (Å²) in [5, 5.41) is 14.1. The van der Waals surface area contributed by atoms with Crippen LogP contribution < -0.4 is 9.46 Å². The first kappa shape index (κ1) is 20.4. The van der Waals surface area contributed by atoms with Gasteiger partial charge in [-0.05, 0) is 42.5 Å². The molecule has 0 saturated heterocycles. The largest absolute Gasteiger partial charge is 0.455 e. The van der Waals surface area contributed by atoms with Gasteiger partial charge in [-0.3, -0.25) is 9.48 Å². The van der Waals surface area contributed by atoms with Crippen LogP contribution in [0.4, 0.5) is 0 Å². The minimum Gasteiger partial charge on any atom is -0.455 e. The molecule has 148 valence electrons. The molecule has 0 atom stereocenters. The van der Waals surface area contributed by atoms with Gasteiger partial charge < -0.3 is 4.74 Å². The van der Waals surface area contributed by atoms with E-state index < -0.39 is 15.9 Å². The Bertz CT molecular complexity index is 1250. The lowest BCUT2D eigenvalue weighted by molar-refractivity contribution is 0.0981. The van der Waals surface area contributed by atoms with E-state index in [2.05, 4.69) is 5.10 Å². The van der Waals surface area contributed by atoms with Crippen molar-refractivity contribution >= 4 is 27.5 Å². The normalized spacial score (nSPS) is 11.0. The first-order valence-electron chi connectivity index (χ1n) is 8.20. The highest BCUT2D eigenvalue weighted by Gasteiger charge is 2.17. The third-order valence-corrected chi connectivity index (χ3v) is 4.69. The fourth-order valence-corrected chi connectivity index (χ4v) is 3.25. The van der Waals surface area contributed by atoms with Gasteiger partial charge in [-0.1, -0.05) is 11.6 Å². The van der Waals surface area contributed by atoms with Gasteiger partial charge in [0.05, 0.1) is 17.5 Å². The van der Waals surface area contributed by atoms with Gasteiger partial charge in [0.1, 0.15) is 17.6 Å². The van der Waals surface area contributed by atoms with Crippen molar-refractivity contribution < 1.29 is 17.9 Å². The summed E-state index contributed by atoms with van der Waals surface area (Å²) < 4.78 is 31.9. The maximum atomic E-state index is 12.0. The summed E-state index contributed by atoms with van der Waals surface area (Å²) >= 11 is 6.12. The Morgan fingerprint density at radius 2 is 1.93 bits per heavy atom. The van der Waals surface area contributed by atoms with E-state index in [0.717, 1.165) is 11.9 Å². The van der Waals surface area contributed by atoms with Crippen molar-refractivity contribution in [3.8, 4) is 28.8 Å². The molecule has 1 heterocycles. The van der Waals surface area contributed by atoms with E-state index >= 15 is 0 Å². The number of aromatic nitrogens is 2. The summed E-state index contributed by atoms with van der Waals surface area (Å²) in [5.74, 6) is -0.199. The molecule has 1 N–H and O–H groups in total. The second-order valence-corrected chi connectivity index (χ2v) is 8.29. The molecular weight excluding hydrogens is 416 g/mol. The summed E-state index contributed by atoms with van der Waals surface area (Å²) in [7, 11) is -1.95. The SMILES string of the molecule is Cn1nccc1-c1cc(Cl)ccc1Oc1ccc(C(=O)NS(C)(=O)=O)cc1C#N. The number of nitriles is 1. The van der Waals surface area contributed by atoms with Crippen LogP contribution in [0.15, 0.2) is 48.7 Å². The Labute approximate surface area is 172 Å². The van der Waals surface area contributed by atoms with Crippen molar-refractivity contribution in [1.82, 2.24) is 14.5 Å². The second kappa shape index (κ2) is 7.95.